The molecule has 114 valence electrons. The van der Waals surface area contributed by atoms with E-state index in [1.54, 1.807) is 30.6 Å². The molecule has 0 fully saturated rings. The summed E-state index contributed by atoms with van der Waals surface area (Å²) in [5.74, 6) is -0.435. The number of hydrogen-bond acceptors (Lipinski definition) is 4. The minimum atomic E-state index is -0.435. The molecule has 0 unspecified atom stereocenters. The van der Waals surface area contributed by atoms with Gasteiger partial charge in [-0.3, -0.25) is 4.98 Å². The molecular weight excluding hydrogens is 322 g/mol. The van der Waals surface area contributed by atoms with Crippen molar-refractivity contribution in [2.24, 2.45) is 0 Å². The maximum absolute atomic E-state index is 11.5. The number of carbonyl (C=O) groups excluding carboxylic acids is 1. The Balaban J connectivity index is 2.00. The topological polar surface area (TPSA) is 63.2 Å². The van der Waals surface area contributed by atoms with Gasteiger partial charge in [0.05, 0.1) is 23.4 Å². The van der Waals surface area contributed by atoms with Crippen molar-refractivity contribution in [2.45, 2.75) is 6.54 Å². The molecule has 0 aliphatic heterocycles. The molecule has 1 aromatic carbocycles. The van der Waals surface area contributed by atoms with Crippen LogP contribution in [0, 0.1) is 0 Å². The van der Waals surface area contributed by atoms with E-state index in [1.807, 2.05) is 12.1 Å². The highest BCUT2D eigenvalue weighted by atomic mass is 35.5. The van der Waals surface area contributed by atoms with Crippen LogP contribution < -0.4 is 10.6 Å². The van der Waals surface area contributed by atoms with Gasteiger partial charge in [-0.25, -0.2) is 4.79 Å². The molecule has 5 nitrogen and oxygen atoms in total. The first-order valence-corrected chi connectivity index (χ1v) is 7.20. The largest absolute Gasteiger partial charge is 0.465 e. The minimum Gasteiger partial charge on any atom is -0.465 e. The molecule has 1 heterocycles. The second-order valence-electron chi connectivity index (χ2n) is 4.35. The average Bonchev–Trinajstić information content (AvgIpc) is 2.55. The monoisotopic (exact) mass is 335 g/mol. The smallest absolute Gasteiger partial charge is 0.337 e. The summed E-state index contributed by atoms with van der Waals surface area (Å²) in [7, 11) is 1.32. The predicted molar refractivity (Wildman–Crippen MR) is 90.1 cm³/mol. The van der Waals surface area contributed by atoms with E-state index < -0.39 is 5.97 Å². The van der Waals surface area contributed by atoms with E-state index in [0.29, 0.717) is 27.9 Å². The number of nitrogens with zero attached hydrogens (tertiary/aromatic N) is 1. The third kappa shape index (κ3) is 4.41. The number of hydrogen-bond donors (Lipinski definition) is 2. The summed E-state index contributed by atoms with van der Waals surface area (Å²) in [6.45, 7) is 0.558. The third-order valence-electron chi connectivity index (χ3n) is 2.84. The third-order valence-corrected chi connectivity index (χ3v) is 3.41. The molecule has 0 atom stereocenters. The molecule has 22 heavy (non-hydrogen) atoms. The summed E-state index contributed by atoms with van der Waals surface area (Å²) >= 11 is 11.3. The minimum absolute atomic E-state index is 0.395. The summed E-state index contributed by atoms with van der Waals surface area (Å²) < 4.78 is 4.68. The Morgan fingerprint density at radius 2 is 2.05 bits per heavy atom. The van der Waals surface area contributed by atoms with E-state index in [4.69, 9.17) is 23.8 Å². The van der Waals surface area contributed by atoms with Crippen LogP contribution in [0.15, 0.2) is 42.7 Å². The Morgan fingerprint density at radius 1 is 1.32 bits per heavy atom. The standard InChI is InChI=1S/C15H14ClN3O2S/c1-21-14(20)11-2-3-12(16)13(8-11)19-15(22)18-9-10-4-6-17-7-5-10/h2-8H,9H2,1H3,(H2,18,19,22). The zero-order chi connectivity index (χ0) is 15.9. The van der Waals surface area contributed by atoms with E-state index in [0.717, 1.165) is 5.56 Å². The number of aromatic nitrogens is 1. The number of esters is 1. The summed E-state index contributed by atoms with van der Waals surface area (Å²) in [4.78, 5) is 15.5. The lowest BCUT2D eigenvalue weighted by atomic mass is 10.2. The quantitative estimate of drug-likeness (QED) is 0.661. The van der Waals surface area contributed by atoms with Crippen molar-refractivity contribution < 1.29 is 9.53 Å². The molecule has 2 N–H and O–H groups in total. The molecule has 0 aliphatic rings. The van der Waals surface area contributed by atoms with E-state index in [1.165, 1.54) is 7.11 Å². The second kappa shape index (κ2) is 7.72. The van der Waals surface area contributed by atoms with E-state index in [2.05, 4.69) is 20.4 Å². The van der Waals surface area contributed by atoms with Crippen LogP contribution >= 0.6 is 23.8 Å². The Kier molecular flexibility index (Phi) is 5.68. The van der Waals surface area contributed by atoms with Crippen molar-refractivity contribution in [1.29, 1.82) is 0 Å². The van der Waals surface area contributed by atoms with Crippen LogP contribution in [0.1, 0.15) is 15.9 Å². The van der Waals surface area contributed by atoms with Gasteiger partial charge in [-0.2, -0.15) is 0 Å². The number of thiocarbonyl (C=S) groups is 1. The van der Waals surface area contributed by atoms with E-state index in [-0.39, 0.29) is 0 Å². The normalized spacial score (nSPS) is 9.91. The van der Waals surface area contributed by atoms with Crippen molar-refractivity contribution in [1.82, 2.24) is 10.3 Å². The molecule has 1 aromatic heterocycles. The molecule has 2 rings (SSSR count). The van der Waals surface area contributed by atoms with Crippen LogP contribution in [0.3, 0.4) is 0 Å². The maximum Gasteiger partial charge on any atom is 0.337 e. The van der Waals surface area contributed by atoms with Crippen LogP contribution in [0.5, 0.6) is 0 Å². The lowest BCUT2D eigenvalue weighted by molar-refractivity contribution is 0.0601. The maximum atomic E-state index is 11.5. The van der Waals surface area contributed by atoms with Gasteiger partial charge in [0.2, 0.25) is 0 Å². The Labute approximate surface area is 138 Å². The molecule has 0 radical (unpaired) electrons. The van der Waals surface area contributed by atoms with Crippen molar-refractivity contribution in [3.8, 4) is 0 Å². The molecule has 0 saturated carbocycles. The summed E-state index contributed by atoms with van der Waals surface area (Å²) in [5, 5.41) is 6.88. The SMILES string of the molecule is COC(=O)c1ccc(Cl)c(NC(=S)NCc2ccncc2)c1. The van der Waals surface area contributed by atoms with Gasteiger partial charge in [0.25, 0.3) is 0 Å². The van der Waals surface area contributed by atoms with Crippen molar-refractivity contribution in [2.75, 3.05) is 12.4 Å². The van der Waals surface area contributed by atoms with Gasteiger partial charge in [-0.05, 0) is 48.1 Å². The molecule has 0 bridgehead atoms. The van der Waals surface area contributed by atoms with Crippen LogP contribution in [-0.2, 0) is 11.3 Å². The van der Waals surface area contributed by atoms with Gasteiger partial charge < -0.3 is 15.4 Å². The lowest BCUT2D eigenvalue weighted by Gasteiger charge is -2.12. The Bertz CT molecular complexity index is 680. The fourth-order valence-electron chi connectivity index (χ4n) is 1.72. The van der Waals surface area contributed by atoms with Gasteiger partial charge in [-0.1, -0.05) is 11.6 Å². The molecule has 7 heteroatoms. The number of rotatable bonds is 4. The second-order valence-corrected chi connectivity index (χ2v) is 5.16. The number of benzene rings is 1. The van der Waals surface area contributed by atoms with Gasteiger partial charge >= 0.3 is 5.97 Å². The molecule has 0 spiro atoms. The number of nitrogens with one attached hydrogen (secondary N) is 2. The average molecular weight is 336 g/mol. The first kappa shape index (κ1) is 16.2. The fraction of sp³-hybridized carbons (Fsp3) is 0.133. The molecule has 2 aromatic rings. The zero-order valence-electron chi connectivity index (χ0n) is 11.8. The van der Waals surface area contributed by atoms with Gasteiger partial charge in [0, 0.05) is 18.9 Å². The fourth-order valence-corrected chi connectivity index (χ4v) is 2.06. The highest BCUT2D eigenvalue weighted by Crippen LogP contribution is 2.23. The first-order chi connectivity index (χ1) is 10.6. The van der Waals surface area contributed by atoms with Crippen LogP contribution in [0.4, 0.5) is 5.69 Å². The highest BCUT2D eigenvalue weighted by molar-refractivity contribution is 7.80. The molecule has 0 saturated heterocycles. The van der Waals surface area contributed by atoms with Gasteiger partial charge in [0.15, 0.2) is 5.11 Å². The summed E-state index contributed by atoms with van der Waals surface area (Å²) in [6.07, 6.45) is 3.42. The number of pyridine rings is 1. The van der Waals surface area contributed by atoms with Crippen LogP contribution in [-0.4, -0.2) is 23.2 Å². The van der Waals surface area contributed by atoms with Crippen LogP contribution in [0.25, 0.3) is 0 Å². The Morgan fingerprint density at radius 3 is 2.73 bits per heavy atom. The van der Waals surface area contributed by atoms with E-state index >= 15 is 0 Å². The van der Waals surface area contributed by atoms with Crippen molar-refractivity contribution >= 4 is 40.6 Å². The molecular formula is C15H14ClN3O2S. The number of methoxy groups -OCH3 is 1. The van der Waals surface area contributed by atoms with Crippen molar-refractivity contribution in [3.63, 3.8) is 0 Å². The zero-order valence-corrected chi connectivity index (χ0v) is 13.4. The van der Waals surface area contributed by atoms with Crippen LogP contribution in [0.2, 0.25) is 5.02 Å². The van der Waals surface area contributed by atoms with Crippen molar-refractivity contribution in [3.05, 3.63) is 58.9 Å². The molecule has 0 aliphatic carbocycles. The number of anilines is 1. The molecule has 0 amide bonds. The number of halogens is 1. The first-order valence-electron chi connectivity index (χ1n) is 6.42. The number of carbonyl (C=O) groups is 1. The van der Waals surface area contributed by atoms with Gasteiger partial charge in [-0.15, -0.1) is 0 Å². The number of ether oxygens (including phenoxy) is 1. The predicted octanol–water partition coefficient (Wildman–Crippen LogP) is 3.01. The van der Waals surface area contributed by atoms with E-state index in [9.17, 15) is 4.79 Å². The lowest BCUT2D eigenvalue weighted by Crippen LogP contribution is -2.28. The highest BCUT2D eigenvalue weighted by Gasteiger charge is 2.09. The summed E-state index contributed by atoms with van der Waals surface area (Å²) in [5.41, 5.74) is 1.98. The van der Waals surface area contributed by atoms with Gasteiger partial charge in [0.1, 0.15) is 0 Å². The summed E-state index contributed by atoms with van der Waals surface area (Å²) in [6, 6.07) is 8.57. The Hall–Kier alpha value is -2.18.